The maximum absolute atomic E-state index is 13.6. The van der Waals surface area contributed by atoms with Gasteiger partial charge in [-0.25, -0.2) is 18.6 Å². The van der Waals surface area contributed by atoms with Gasteiger partial charge in [0.2, 0.25) is 5.91 Å². The van der Waals surface area contributed by atoms with Gasteiger partial charge in [-0.1, -0.05) is 37.3 Å². The first-order chi connectivity index (χ1) is 15.7. The van der Waals surface area contributed by atoms with Crippen LogP contribution in [0.1, 0.15) is 23.8 Å². The molecule has 2 aromatic carbocycles. The summed E-state index contributed by atoms with van der Waals surface area (Å²) < 4.78 is 26.8. The van der Waals surface area contributed by atoms with Crippen LogP contribution in [0.25, 0.3) is 11.3 Å². The van der Waals surface area contributed by atoms with Crippen molar-refractivity contribution >= 4 is 34.3 Å². The molecule has 3 aromatic rings. The standard InChI is InChI=1S/C23H20F2N4O3S/c1-3-23(15-7-5-4-6-8-15)20(31)29(22(32)28-23)12-18(30)26-21-27-19(13(2)33-21)14-9-10-16(24)17(25)11-14/h4-11H,3,12H2,1-2H3,(H,28,32)(H,26,27,30). The molecule has 10 heteroatoms. The van der Waals surface area contributed by atoms with E-state index in [0.29, 0.717) is 28.1 Å². The van der Waals surface area contributed by atoms with E-state index in [9.17, 15) is 23.2 Å². The first-order valence-electron chi connectivity index (χ1n) is 10.2. The average Bonchev–Trinajstić information content (AvgIpc) is 3.28. The number of urea groups is 1. The lowest BCUT2D eigenvalue weighted by Crippen LogP contribution is -2.44. The number of aryl methyl sites for hydroxylation is 1. The van der Waals surface area contributed by atoms with Crippen molar-refractivity contribution in [1.29, 1.82) is 0 Å². The van der Waals surface area contributed by atoms with Crippen LogP contribution >= 0.6 is 11.3 Å². The Labute approximate surface area is 192 Å². The zero-order chi connectivity index (χ0) is 23.8. The molecular weight excluding hydrogens is 450 g/mol. The summed E-state index contributed by atoms with van der Waals surface area (Å²) in [4.78, 5) is 44.2. The highest BCUT2D eigenvalue weighted by molar-refractivity contribution is 7.16. The summed E-state index contributed by atoms with van der Waals surface area (Å²) in [5.41, 5.74) is 0.183. The van der Waals surface area contributed by atoms with Gasteiger partial charge in [0, 0.05) is 10.4 Å². The van der Waals surface area contributed by atoms with Crippen molar-refractivity contribution in [2.45, 2.75) is 25.8 Å². The molecule has 1 fully saturated rings. The molecule has 1 unspecified atom stereocenters. The van der Waals surface area contributed by atoms with Crippen molar-refractivity contribution in [2.24, 2.45) is 0 Å². The first kappa shape index (κ1) is 22.5. The summed E-state index contributed by atoms with van der Waals surface area (Å²) in [5.74, 6) is -3.08. The number of thiazole rings is 1. The highest BCUT2D eigenvalue weighted by Crippen LogP contribution is 2.33. The third-order valence-corrected chi connectivity index (χ3v) is 6.40. The summed E-state index contributed by atoms with van der Waals surface area (Å²) in [5, 5.41) is 5.52. The van der Waals surface area contributed by atoms with Gasteiger partial charge in [0.05, 0.1) is 5.69 Å². The number of benzene rings is 2. The number of nitrogens with one attached hydrogen (secondary N) is 2. The molecule has 0 saturated carbocycles. The van der Waals surface area contributed by atoms with Crippen LogP contribution in [0.5, 0.6) is 0 Å². The fraction of sp³-hybridized carbons (Fsp3) is 0.217. The van der Waals surface area contributed by atoms with Crippen LogP contribution in [0.4, 0.5) is 18.7 Å². The van der Waals surface area contributed by atoms with E-state index in [0.717, 1.165) is 28.4 Å². The molecule has 1 aromatic heterocycles. The maximum Gasteiger partial charge on any atom is 0.325 e. The molecule has 7 nitrogen and oxygen atoms in total. The monoisotopic (exact) mass is 470 g/mol. The molecule has 1 aliphatic rings. The Kier molecular flexibility index (Phi) is 5.94. The number of carbonyl (C=O) groups is 3. The topological polar surface area (TPSA) is 91.4 Å². The van der Waals surface area contributed by atoms with Gasteiger partial charge in [-0.05, 0) is 37.1 Å². The van der Waals surface area contributed by atoms with Crippen molar-refractivity contribution in [3.63, 3.8) is 0 Å². The van der Waals surface area contributed by atoms with Crippen LogP contribution in [0.3, 0.4) is 0 Å². The number of hydrogen-bond acceptors (Lipinski definition) is 5. The summed E-state index contributed by atoms with van der Waals surface area (Å²) in [7, 11) is 0. The fourth-order valence-corrected chi connectivity index (χ4v) is 4.65. The minimum atomic E-state index is -1.23. The Morgan fingerprint density at radius 1 is 1.15 bits per heavy atom. The third kappa shape index (κ3) is 4.09. The molecule has 2 heterocycles. The molecule has 1 aliphatic heterocycles. The van der Waals surface area contributed by atoms with E-state index in [1.165, 1.54) is 6.07 Å². The van der Waals surface area contributed by atoms with Crippen molar-refractivity contribution in [1.82, 2.24) is 15.2 Å². The highest BCUT2D eigenvalue weighted by Gasteiger charge is 2.51. The third-order valence-electron chi connectivity index (χ3n) is 5.51. The Hall–Kier alpha value is -3.66. The highest BCUT2D eigenvalue weighted by atomic mass is 32.1. The number of halogens is 2. The van der Waals surface area contributed by atoms with Crippen LogP contribution in [0.15, 0.2) is 48.5 Å². The summed E-state index contributed by atoms with van der Waals surface area (Å²) in [6, 6.07) is 11.6. The van der Waals surface area contributed by atoms with Gasteiger partial charge in [0.15, 0.2) is 16.8 Å². The second-order valence-electron chi connectivity index (χ2n) is 7.55. The number of aromatic nitrogens is 1. The van der Waals surface area contributed by atoms with E-state index >= 15 is 0 Å². The summed E-state index contributed by atoms with van der Waals surface area (Å²) >= 11 is 1.14. The van der Waals surface area contributed by atoms with E-state index in [1.54, 1.807) is 38.1 Å². The van der Waals surface area contributed by atoms with Gasteiger partial charge in [-0.2, -0.15) is 0 Å². The molecule has 4 rings (SSSR count). The minimum Gasteiger partial charge on any atom is -0.319 e. The average molecular weight is 471 g/mol. The number of imide groups is 1. The number of anilines is 1. The molecule has 1 atom stereocenters. The number of hydrogen-bond donors (Lipinski definition) is 2. The van der Waals surface area contributed by atoms with Crippen LogP contribution in [-0.2, 0) is 15.1 Å². The lowest BCUT2D eigenvalue weighted by Gasteiger charge is -2.25. The second-order valence-corrected chi connectivity index (χ2v) is 8.75. The van der Waals surface area contributed by atoms with Gasteiger partial charge < -0.3 is 10.6 Å². The van der Waals surface area contributed by atoms with Crippen molar-refractivity contribution in [3.05, 3.63) is 70.6 Å². The van der Waals surface area contributed by atoms with Crippen LogP contribution in [-0.4, -0.2) is 34.3 Å². The van der Waals surface area contributed by atoms with Gasteiger partial charge in [0.1, 0.15) is 12.1 Å². The summed E-state index contributed by atoms with van der Waals surface area (Å²) in [6.07, 6.45) is 0.322. The number of amides is 4. The Morgan fingerprint density at radius 2 is 1.88 bits per heavy atom. The molecule has 0 aliphatic carbocycles. The van der Waals surface area contributed by atoms with Gasteiger partial charge in [-0.3, -0.25) is 14.5 Å². The smallest absolute Gasteiger partial charge is 0.319 e. The Balaban J connectivity index is 1.50. The van der Waals surface area contributed by atoms with Gasteiger partial charge in [-0.15, -0.1) is 11.3 Å². The van der Waals surface area contributed by atoms with Gasteiger partial charge >= 0.3 is 6.03 Å². The number of rotatable bonds is 6. The lowest BCUT2D eigenvalue weighted by molar-refractivity contribution is -0.134. The number of carbonyl (C=O) groups excluding carboxylic acids is 3. The minimum absolute atomic E-state index is 0.217. The zero-order valence-electron chi connectivity index (χ0n) is 17.8. The Bertz CT molecular complexity index is 1250. The lowest BCUT2D eigenvalue weighted by atomic mass is 9.87. The molecular formula is C23H20F2N4O3S. The molecule has 0 radical (unpaired) electrons. The van der Waals surface area contributed by atoms with E-state index < -0.39 is 41.6 Å². The van der Waals surface area contributed by atoms with E-state index in [-0.39, 0.29) is 5.13 Å². The van der Waals surface area contributed by atoms with Crippen molar-refractivity contribution < 1.29 is 23.2 Å². The predicted octanol–water partition coefficient (Wildman–Crippen LogP) is 4.19. The molecule has 4 amide bonds. The first-order valence-corrected chi connectivity index (χ1v) is 11.0. The van der Waals surface area contributed by atoms with E-state index in [1.807, 2.05) is 6.07 Å². The summed E-state index contributed by atoms with van der Waals surface area (Å²) in [6.45, 7) is 3.03. The molecule has 0 bridgehead atoms. The molecule has 1 saturated heterocycles. The molecule has 0 spiro atoms. The number of nitrogens with zero attached hydrogens (tertiary/aromatic N) is 2. The van der Waals surface area contributed by atoms with Crippen molar-refractivity contribution in [3.8, 4) is 11.3 Å². The normalized spacial score (nSPS) is 17.9. The van der Waals surface area contributed by atoms with Crippen molar-refractivity contribution in [2.75, 3.05) is 11.9 Å². The largest absolute Gasteiger partial charge is 0.325 e. The van der Waals surface area contributed by atoms with Crippen LogP contribution in [0, 0.1) is 18.6 Å². The Morgan fingerprint density at radius 3 is 2.55 bits per heavy atom. The maximum atomic E-state index is 13.6. The van der Waals surface area contributed by atoms with E-state index in [4.69, 9.17) is 0 Å². The van der Waals surface area contributed by atoms with E-state index in [2.05, 4.69) is 15.6 Å². The molecule has 2 N–H and O–H groups in total. The fourth-order valence-electron chi connectivity index (χ4n) is 3.80. The van der Waals surface area contributed by atoms with Gasteiger partial charge in [0.25, 0.3) is 5.91 Å². The second kappa shape index (κ2) is 8.70. The quantitative estimate of drug-likeness (QED) is 0.529. The predicted molar refractivity (Wildman–Crippen MR) is 119 cm³/mol. The molecule has 170 valence electrons. The SMILES string of the molecule is CCC1(c2ccccc2)NC(=O)N(CC(=O)Nc2nc(-c3ccc(F)c(F)c3)c(C)s2)C1=O. The molecule has 33 heavy (non-hydrogen) atoms. The van der Waals surface area contributed by atoms with Crippen LogP contribution in [0.2, 0.25) is 0 Å². The zero-order valence-corrected chi connectivity index (χ0v) is 18.6. The van der Waals surface area contributed by atoms with Crippen LogP contribution < -0.4 is 10.6 Å².